The van der Waals surface area contributed by atoms with Gasteiger partial charge in [-0.1, -0.05) is 0 Å². The highest BCUT2D eigenvalue weighted by Crippen LogP contribution is 2.09. The first-order chi connectivity index (χ1) is 10.7. The van der Waals surface area contributed by atoms with Gasteiger partial charge in [0, 0.05) is 23.0 Å². The van der Waals surface area contributed by atoms with Crippen LogP contribution in [0.25, 0.3) is 0 Å². The fourth-order valence-electron chi connectivity index (χ4n) is 1.99. The average molecular weight is 337 g/mol. The summed E-state index contributed by atoms with van der Waals surface area (Å²) in [6, 6.07) is 3.50. The summed E-state index contributed by atoms with van der Waals surface area (Å²) in [4.78, 5) is 19.8. The summed E-state index contributed by atoms with van der Waals surface area (Å²) >= 11 is 0. The van der Waals surface area contributed by atoms with Crippen LogP contribution in [0, 0.1) is 26.0 Å². The van der Waals surface area contributed by atoms with Gasteiger partial charge >= 0.3 is 21.1 Å². The third-order valence-electron chi connectivity index (χ3n) is 2.79. The standard InChI is InChI=1S/C13H15N5O4S/c1-8-5-4-6-18(20)11(8)23(21,22)17-13(19)16-12-14-9(2)7-10(3)15-12/h4-7H,1-3H3,(H2,14,15,16,17,19). The number of hydrogen-bond donors (Lipinski definition) is 2. The number of hydrogen-bond acceptors (Lipinski definition) is 6. The smallest absolute Gasteiger partial charge is 0.335 e. The Kier molecular flexibility index (Phi) is 4.45. The van der Waals surface area contributed by atoms with Crippen molar-refractivity contribution in [2.24, 2.45) is 0 Å². The summed E-state index contributed by atoms with van der Waals surface area (Å²) < 4.78 is 26.3. The first-order valence-electron chi connectivity index (χ1n) is 6.54. The van der Waals surface area contributed by atoms with Gasteiger partial charge in [0.1, 0.15) is 0 Å². The molecule has 0 aliphatic carbocycles. The van der Waals surface area contributed by atoms with E-state index in [9.17, 15) is 18.4 Å². The van der Waals surface area contributed by atoms with Crippen molar-refractivity contribution in [3.05, 3.63) is 46.6 Å². The van der Waals surface area contributed by atoms with Crippen LogP contribution in [-0.2, 0) is 10.0 Å². The largest absolute Gasteiger partial charge is 0.618 e. The molecule has 2 heterocycles. The van der Waals surface area contributed by atoms with E-state index in [1.54, 1.807) is 24.6 Å². The molecule has 0 atom stereocenters. The molecule has 0 aromatic carbocycles. The molecule has 0 aliphatic rings. The Bertz CT molecular complexity index is 826. The van der Waals surface area contributed by atoms with Crippen molar-refractivity contribution >= 4 is 22.0 Å². The number of sulfonamides is 1. The van der Waals surface area contributed by atoms with Crippen molar-refractivity contribution in [2.75, 3.05) is 5.32 Å². The second kappa shape index (κ2) is 6.16. The summed E-state index contributed by atoms with van der Waals surface area (Å²) in [7, 11) is -4.33. The third kappa shape index (κ3) is 3.92. The number of carbonyl (C=O) groups is 1. The Morgan fingerprint density at radius 2 is 1.83 bits per heavy atom. The maximum atomic E-state index is 12.2. The molecule has 2 aromatic heterocycles. The average Bonchev–Trinajstić information content (AvgIpc) is 2.35. The zero-order valence-electron chi connectivity index (χ0n) is 12.7. The van der Waals surface area contributed by atoms with Crippen molar-refractivity contribution in [3.8, 4) is 0 Å². The van der Waals surface area contributed by atoms with E-state index in [0.717, 1.165) is 6.20 Å². The molecule has 0 spiro atoms. The first kappa shape index (κ1) is 16.6. The Labute approximate surface area is 133 Å². The van der Waals surface area contributed by atoms with Gasteiger partial charge in [-0.15, -0.1) is 0 Å². The SMILES string of the molecule is Cc1cc(C)nc(NC(=O)NS(=O)(=O)c2c(C)ccc[n+]2[O-])n1. The normalized spacial score (nSPS) is 11.1. The number of amides is 2. The monoisotopic (exact) mass is 337 g/mol. The molecule has 2 amide bonds. The molecular weight excluding hydrogens is 322 g/mol. The molecule has 0 fully saturated rings. The minimum Gasteiger partial charge on any atom is -0.618 e. The molecule has 0 radical (unpaired) electrons. The van der Waals surface area contributed by atoms with Crippen molar-refractivity contribution in [1.82, 2.24) is 14.7 Å². The minimum atomic E-state index is -4.33. The van der Waals surface area contributed by atoms with E-state index in [1.165, 1.54) is 19.1 Å². The second-order valence-corrected chi connectivity index (χ2v) is 6.45. The Morgan fingerprint density at radius 3 is 2.39 bits per heavy atom. The van der Waals surface area contributed by atoms with Crippen molar-refractivity contribution < 1.29 is 17.9 Å². The quantitative estimate of drug-likeness (QED) is 0.621. The summed E-state index contributed by atoms with van der Waals surface area (Å²) in [5, 5.41) is 13.3. The number of urea groups is 1. The lowest BCUT2D eigenvalue weighted by atomic mass is 10.3. The highest BCUT2D eigenvalue weighted by atomic mass is 32.2. The lowest BCUT2D eigenvalue weighted by Gasteiger charge is -2.10. The number of aromatic nitrogens is 3. The molecule has 0 saturated heterocycles. The Balaban J connectivity index is 2.22. The van der Waals surface area contributed by atoms with Gasteiger partial charge in [0.25, 0.3) is 0 Å². The van der Waals surface area contributed by atoms with Gasteiger partial charge in [-0.25, -0.2) is 19.5 Å². The highest BCUT2D eigenvalue weighted by Gasteiger charge is 2.28. The van der Waals surface area contributed by atoms with Crippen LogP contribution in [0.2, 0.25) is 0 Å². The van der Waals surface area contributed by atoms with Gasteiger partial charge in [0.15, 0.2) is 6.20 Å². The van der Waals surface area contributed by atoms with E-state index < -0.39 is 21.1 Å². The van der Waals surface area contributed by atoms with Gasteiger partial charge in [0.05, 0.1) is 0 Å². The predicted molar refractivity (Wildman–Crippen MR) is 81.0 cm³/mol. The van der Waals surface area contributed by atoms with Gasteiger partial charge in [-0.05, 0) is 32.9 Å². The first-order valence-corrected chi connectivity index (χ1v) is 8.02. The summed E-state index contributed by atoms with van der Waals surface area (Å²) in [5.41, 5.74) is 1.45. The lowest BCUT2D eigenvalue weighted by Crippen LogP contribution is -2.43. The van der Waals surface area contributed by atoms with Gasteiger partial charge in [-0.2, -0.15) is 13.1 Å². The van der Waals surface area contributed by atoms with E-state index in [4.69, 9.17) is 0 Å². The molecule has 10 heteroatoms. The number of nitrogens with one attached hydrogen (secondary N) is 2. The number of pyridine rings is 1. The molecule has 0 bridgehead atoms. The number of anilines is 1. The van der Waals surface area contributed by atoms with Crippen LogP contribution in [0.1, 0.15) is 17.0 Å². The number of rotatable bonds is 3. The lowest BCUT2D eigenvalue weighted by molar-refractivity contribution is -0.647. The molecule has 23 heavy (non-hydrogen) atoms. The van der Waals surface area contributed by atoms with Crippen molar-refractivity contribution in [1.29, 1.82) is 0 Å². The highest BCUT2D eigenvalue weighted by molar-refractivity contribution is 7.89. The van der Waals surface area contributed by atoms with E-state index in [0.29, 0.717) is 11.4 Å². The second-order valence-electron chi connectivity index (χ2n) is 4.86. The third-order valence-corrected chi connectivity index (χ3v) is 4.26. The number of carbonyl (C=O) groups excluding carboxylic acids is 1. The molecule has 2 rings (SSSR count). The van der Waals surface area contributed by atoms with E-state index in [1.807, 2.05) is 0 Å². The van der Waals surface area contributed by atoms with Crippen LogP contribution in [0.5, 0.6) is 0 Å². The zero-order chi connectivity index (χ0) is 17.2. The van der Waals surface area contributed by atoms with Crippen LogP contribution in [-0.4, -0.2) is 24.4 Å². The molecule has 2 aromatic rings. The summed E-state index contributed by atoms with van der Waals surface area (Å²) in [6.45, 7) is 4.87. The van der Waals surface area contributed by atoms with E-state index >= 15 is 0 Å². The van der Waals surface area contributed by atoms with Gasteiger partial charge < -0.3 is 5.21 Å². The Morgan fingerprint density at radius 1 is 1.22 bits per heavy atom. The number of nitrogens with zero attached hydrogens (tertiary/aromatic N) is 3. The zero-order valence-corrected chi connectivity index (χ0v) is 13.5. The molecule has 0 unspecified atom stereocenters. The van der Waals surface area contributed by atoms with Crippen LogP contribution in [0.4, 0.5) is 10.7 Å². The predicted octanol–water partition coefficient (Wildman–Crippen LogP) is 0.546. The van der Waals surface area contributed by atoms with Gasteiger partial charge in [-0.3, -0.25) is 5.32 Å². The molecule has 9 nitrogen and oxygen atoms in total. The molecule has 2 N–H and O–H groups in total. The van der Waals surface area contributed by atoms with E-state index in [2.05, 4.69) is 15.3 Å². The fraction of sp³-hybridized carbons (Fsp3) is 0.231. The molecular formula is C13H15N5O4S. The fourth-order valence-corrected chi connectivity index (χ4v) is 3.17. The van der Waals surface area contributed by atoms with Gasteiger partial charge in [0.2, 0.25) is 5.95 Å². The topological polar surface area (TPSA) is 128 Å². The minimum absolute atomic E-state index is 0.0324. The van der Waals surface area contributed by atoms with Crippen LogP contribution in [0.3, 0.4) is 0 Å². The summed E-state index contributed by atoms with van der Waals surface area (Å²) in [5.74, 6) is -0.0324. The van der Waals surface area contributed by atoms with E-state index in [-0.39, 0.29) is 16.2 Å². The molecule has 122 valence electrons. The maximum Gasteiger partial charge on any atom is 0.335 e. The van der Waals surface area contributed by atoms with Crippen LogP contribution in [0.15, 0.2) is 29.4 Å². The molecule has 0 aliphatic heterocycles. The van der Waals surface area contributed by atoms with Crippen molar-refractivity contribution in [3.63, 3.8) is 0 Å². The van der Waals surface area contributed by atoms with Crippen LogP contribution >= 0.6 is 0 Å². The maximum absolute atomic E-state index is 12.2. The summed E-state index contributed by atoms with van der Waals surface area (Å²) in [6.07, 6.45) is 1.03. The Hall–Kier alpha value is -2.75. The van der Waals surface area contributed by atoms with Crippen LogP contribution < -0.4 is 14.8 Å². The number of aryl methyl sites for hydroxylation is 3. The molecule has 0 saturated carbocycles. The van der Waals surface area contributed by atoms with Crippen molar-refractivity contribution in [2.45, 2.75) is 25.8 Å².